The Kier molecular flexibility index (Phi) is 4.45. The van der Waals surface area contributed by atoms with Crippen LogP contribution in [0.15, 0.2) is 30.3 Å². The molecule has 0 N–H and O–H groups in total. The minimum absolute atomic E-state index is 0.348. The van der Waals surface area contributed by atoms with Crippen LogP contribution >= 0.6 is 0 Å². The molecule has 1 aromatic carbocycles. The first-order valence-corrected chi connectivity index (χ1v) is 8.69. The molecule has 1 heteroatoms. The zero-order valence-corrected chi connectivity index (χ0v) is 13.0. The van der Waals surface area contributed by atoms with Crippen LogP contribution in [-0.2, 0) is 5.54 Å². The summed E-state index contributed by atoms with van der Waals surface area (Å²) in [6.45, 7) is 3.69. The Labute approximate surface area is 124 Å². The molecule has 0 aromatic heterocycles. The molecule has 1 unspecified atom stereocenters. The molecule has 2 fully saturated rings. The minimum Gasteiger partial charge on any atom is -0.291 e. The van der Waals surface area contributed by atoms with Crippen molar-refractivity contribution < 1.29 is 0 Å². The molecule has 0 amide bonds. The van der Waals surface area contributed by atoms with Gasteiger partial charge in [-0.3, -0.25) is 4.90 Å². The maximum atomic E-state index is 2.91. The Morgan fingerprint density at radius 3 is 2.45 bits per heavy atom. The van der Waals surface area contributed by atoms with Gasteiger partial charge in [0.15, 0.2) is 0 Å². The summed E-state index contributed by atoms with van der Waals surface area (Å²) >= 11 is 0. The van der Waals surface area contributed by atoms with Gasteiger partial charge in [0.2, 0.25) is 0 Å². The first-order valence-electron chi connectivity index (χ1n) is 8.69. The number of likely N-dealkylation sites (tertiary alicyclic amines) is 1. The van der Waals surface area contributed by atoms with E-state index < -0.39 is 0 Å². The maximum Gasteiger partial charge on any atom is 0.0463 e. The number of hydrogen-bond acceptors (Lipinski definition) is 1. The topological polar surface area (TPSA) is 3.24 Å². The summed E-state index contributed by atoms with van der Waals surface area (Å²) in [6, 6.07) is 12.2. The molecule has 1 aliphatic carbocycles. The summed E-state index contributed by atoms with van der Waals surface area (Å²) in [7, 11) is 0. The van der Waals surface area contributed by atoms with Gasteiger partial charge in [-0.1, -0.05) is 62.9 Å². The standard InChI is InChI=1S/C19H29N/c1-2-18-13-7-10-16-20(18)19(14-8-4-9-15-19)17-11-5-3-6-12-17/h3,5-6,11-12,18H,2,4,7-10,13-16H2,1H3. The molecule has 0 radical (unpaired) electrons. The summed E-state index contributed by atoms with van der Waals surface area (Å²) < 4.78 is 0. The van der Waals surface area contributed by atoms with Crippen LogP contribution in [0.3, 0.4) is 0 Å². The van der Waals surface area contributed by atoms with Crippen LogP contribution in [0.1, 0.15) is 70.3 Å². The molecule has 0 spiro atoms. The molecule has 1 saturated carbocycles. The fourth-order valence-corrected chi connectivity index (χ4v) is 4.62. The summed E-state index contributed by atoms with van der Waals surface area (Å²) in [5, 5.41) is 0. The van der Waals surface area contributed by atoms with Crippen LogP contribution in [-0.4, -0.2) is 17.5 Å². The third kappa shape index (κ3) is 2.53. The van der Waals surface area contributed by atoms with E-state index in [0.717, 1.165) is 6.04 Å². The average molecular weight is 271 g/mol. The van der Waals surface area contributed by atoms with Crippen molar-refractivity contribution >= 4 is 0 Å². The monoisotopic (exact) mass is 271 g/mol. The van der Waals surface area contributed by atoms with Crippen LogP contribution in [0.4, 0.5) is 0 Å². The van der Waals surface area contributed by atoms with Gasteiger partial charge in [0, 0.05) is 11.6 Å². The highest BCUT2D eigenvalue weighted by molar-refractivity contribution is 5.26. The van der Waals surface area contributed by atoms with Crippen molar-refractivity contribution in [3.63, 3.8) is 0 Å². The quantitative estimate of drug-likeness (QED) is 0.738. The SMILES string of the molecule is CCC1CCCCN1C1(c2ccccc2)CCCCC1. The van der Waals surface area contributed by atoms with E-state index in [2.05, 4.69) is 42.2 Å². The second-order valence-corrected chi connectivity index (χ2v) is 6.71. The lowest BCUT2D eigenvalue weighted by atomic mass is 9.73. The van der Waals surface area contributed by atoms with Crippen molar-refractivity contribution in [2.24, 2.45) is 0 Å². The third-order valence-electron chi connectivity index (χ3n) is 5.64. The van der Waals surface area contributed by atoms with Crippen LogP contribution in [0.5, 0.6) is 0 Å². The Morgan fingerprint density at radius 1 is 1.00 bits per heavy atom. The van der Waals surface area contributed by atoms with Gasteiger partial charge in [-0.2, -0.15) is 0 Å². The first kappa shape index (κ1) is 14.1. The average Bonchev–Trinajstić information content (AvgIpc) is 2.56. The second kappa shape index (κ2) is 6.30. The normalized spacial score (nSPS) is 27.4. The molecule has 1 heterocycles. The van der Waals surface area contributed by atoms with Gasteiger partial charge in [0.1, 0.15) is 0 Å². The van der Waals surface area contributed by atoms with E-state index in [1.54, 1.807) is 5.56 Å². The molecule has 3 rings (SSSR count). The fraction of sp³-hybridized carbons (Fsp3) is 0.684. The van der Waals surface area contributed by atoms with Crippen molar-refractivity contribution in [1.29, 1.82) is 0 Å². The summed E-state index contributed by atoms with van der Waals surface area (Å²) in [4.78, 5) is 2.91. The number of rotatable bonds is 3. The molecule has 110 valence electrons. The van der Waals surface area contributed by atoms with Crippen molar-refractivity contribution in [2.45, 2.75) is 76.3 Å². The summed E-state index contributed by atoms with van der Waals surface area (Å²) in [6.07, 6.45) is 12.5. The van der Waals surface area contributed by atoms with E-state index >= 15 is 0 Å². The number of nitrogens with zero attached hydrogens (tertiary/aromatic N) is 1. The molecule has 2 aliphatic rings. The molecule has 20 heavy (non-hydrogen) atoms. The van der Waals surface area contributed by atoms with E-state index in [4.69, 9.17) is 0 Å². The summed E-state index contributed by atoms with van der Waals surface area (Å²) in [5.41, 5.74) is 1.93. The van der Waals surface area contributed by atoms with Crippen LogP contribution in [0.2, 0.25) is 0 Å². The zero-order chi connectivity index (χ0) is 13.8. The molecule has 1 saturated heterocycles. The largest absolute Gasteiger partial charge is 0.291 e. The van der Waals surface area contributed by atoms with Crippen LogP contribution in [0, 0.1) is 0 Å². The second-order valence-electron chi connectivity index (χ2n) is 6.71. The van der Waals surface area contributed by atoms with Crippen molar-refractivity contribution in [1.82, 2.24) is 4.90 Å². The number of benzene rings is 1. The Hall–Kier alpha value is -0.820. The minimum atomic E-state index is 0.348. The molecule has 1 aromatic rings. The molecular weight excluding hydrogens is 242 g/mol. The van der Waals surface area contributed by atoms with Gasteiger partial charge in [-0.25, -0.2) is 0 Å². The van der Waals surface area contributed by atoms with Gasteiger partial charge in [0.05, 0.1) is 0 Å². The Bertz CT molecular complexity index is 405. The molecule has 0 bridgehead atoms. The predicted molar refractivity (Wildman–Crippen MR) is 85.8 cm³/mol. The lowest BCUT2D eigenvalue weighted by Crippen LogP contribution is -2.54. The van der Waals surface area contributed by atoms with E-state index in [1.165, 1.54) is 64.3 Å². The van der Waals surface area contributed by atoms with E-state index in [-0.39, 0.29) is 0 Å². The Morgan fingerprint density at radius 2 is 1.75 bits per heavy atom. The number of piperidine rings is 1. The van der Waals surface area contributed by atoms with E-state index in [9.17, 15) is 0 Å². The lowest BCUT2D eigenvalue weighted by Gasteiger charge is -2.52. The fourth-order valence-electron chi connectivity index (χ4n) is 4.62. The summed E-state index contributed by atoms with van der Waals surface area (Å²) in [5.74, 6) is 0. The van der Waals surface area contributed by atoms with Gasteiger partial charge in [-0.05, 0) is 44.2 Å². The third-order valence-corrected chi connectivity index (χ3v) is 5.64. The van der Waals surface area contributed by atoms with Crippen LogP contribution in [0.25, 0.3) is 0 Å². The highest BCUT2D eigenvalue weighted by Gasteiger charge is 2.42. The smallest absolute Gasteiger partial charge is 0.0463 e. The maximum absolute atomic E-state index is 2.91. The van der Waals surface area contributed by atoms with Crippen molar-refractivity contribution in [2.75, 3.05) is 6.54 Å². The first-order chi connectivity index (χ1) is 9.87. The van der Waals surface area contributed by atoms with Gasteiger partial charge in [-0.15, -0.1) is 0 Å². The highest BCUT2D eigenvalue weighted by Crippen LogP contribution is 2.45. The van der Waals surface area contributed by atoms with E-state index in [0.29, 0.717) is 5.54 Å². The lowest BCUT2D eigenvalue weighted by molar-refractivity contribution is -0.0138. The van der Waals surface area contributed by atoms with E-state index in [1.807, 2.05) is 0 Å². The Balaban J connectivity index is 1.96. The predicted octanol–water partition coefficient (Wildman–Crippen LogP) is 5.11. The highest BCUT2D eigenvalue weighted by atomic mass is 15.2. The van der Waals surface area contributed by atoms with Gasteiger partial charge in [0.25, 0.3) is 0 Å². The molecule has 1 atom stereocenters. The molecular formula is C19H29N. The van der Waals surface area contributed by atoms with Crippen molar-refractivity contribution in [3.05, 3.63) is 35.9 Å². The van der Waals surface area contributed by atoms with Crippen molar-refractivity contribution in [3.8, 4) is 0 Å². The molecule has 1 aliphatic heterocycles. The van der Waals surface area contributed by atoms with Gasteiger partial charge < -0.3 is 0 Å². The van der Waals surface area contributed by atoms with Gasteiger partial charge >= 0.3 is 0 Å². The zero-order valence-electron chi connectivity index (χ0n) is 13.0. The number of hydrogen-bond donors (Lipinski definition) is 0. The van der Waals surface area contributed by atoms with Crippen LogP contribution < -0.4 is 0 Å². The molecule has 1 nitrogen and oxygen atoms in total.